The van der Waals surface area contributed by atoms with Gasteiger partial charge in [-0.15, -0.1) is 11.8 Å². The van der Waals surface area contributed by atoms with E-state index in [4.69, 9.17) is 5.73 Å². The van der Waals surface area contributed by atoms with E-state index < -0.39 is 5.91 Å². The molecule has 0 bridgehead atoms. The van der Waals surface area contributed by atoms with Crippen LogP contribution in [0.3, 0.4) is 0 Å². The van der Waals surface area contributed by atoms with Crippen molar-refractivity contribution in [3.63, 3.8) is 0 Å². The molecule has 2 aromatic rings. The SMILES string of the molecule is C=CS/C=C(\C)C#CC(/C=C\C)=C(/NC)C(=O)NCNc1cccc(C(=O)Nc2ncc[nH]2)c1N. The largest absolute Gasteiger partial charge is 0.396 e. The number of anilines is 3. The minimum Gasteiger partial charge on any atom is -0.396 e. The first kappa shape index (κ1) is 26.9. The molecular weight excluding hydrogens is 462 g/mol. The number of nitrogens with one attached hydrogen (secondary N) is 5. The van der Waals surface area contributed by atoms with E-state index in [0.717, 1.165) is 5.57 Å². The fourth-order valence-electron chi connectivity index (χ4n) is 2.80. The van der Waals surface area contributed by atoms with E-state index in [0.29, 0.717) is 22.9 Å². The summed E-state index contributed by atoms with van der Waals surface area (Å²) in [5, 5.41) is 15.0. The van der Waals surface area contributed by atoms with Gasteiger partial charge in [-0.25, -0.2) is 4.98 Å². The molecule has 0 aliphatic rings. The first-order chi connectivity index (χ1) is 16.9. The molecule has 7 N–H and O–H groups in total. The highest BCUT2D eigenvalue weighted by Gasteiger charge is 2.15. The molecule has 0 aliphatic carbocycles. The Bertz CT molecular complexity index is 1200. The van der Waals surface area contributed by atoms with Crippen LogP contribution in [0.25, 0.3) is 0 Å². The lowest BCUT2D eigenvalue weighted by molar-refractivity contribution is -0.117. The Hall–Kier alpha value is -4.36. The summed E-state index contributed by atoms with van der Waals surface area (Å²) < 4.78 is 0. The van der Waals surface area contributed by atoms with Gasteiger partial charge in [0, 0.05) is 25.0 Å². The van der Waals surface area contributed by atoms with Gasteiger partial charge >= 0.3 is 0 Å². The van der Waals surface area contributed by atoms with E-state index in [1.807, 2.05) is 25.3 Å². The number of amides is 2. The summed E-state index contributed by atoms with van der Waals surface area (Å²) in [4.78, 5) is 32.1. The van der Waals surface area contributed by atoms with Gasteiger partial charge in [0.05, 0.1) is 29.2 Å². The van der Waals surface area contributed by atoms with E-state index in [1.165, 1.54) is 18.0 Å². The molecule has 0 unspecified atom stereocenters. The number of rotatable bonds is 10. The van der Waals surface area contributed by atoms with Crippen LogP contribution in [0.2, 0.25) is 0 Å². The number of hydrogen-bond acceptors (Lipinski definition) is 7. The molecule has 2 amide bonds. The van der Waals surface area contributed by atoms with Crippen molar-refractivity contribution in [2.45, 2.75) is 13.8 Å². The molecule has 0 saturated heterocycles. The molecule has 0 radical (unpaired) electrons. The number of benzene rings is 1. The minimum atomic E-state index is -0.407. The van der Waals surface area contributed by atoms with Gasteiger partial charge < -0.3 is 26.7 Å². The maximum atomic E-state index is 12.8. The Morgan fingerprint density at radius 3 is 2.77 bits per heavy atom. The van der Waals surface area contributed by atoms with Gasteiger partial charge in [0.1, 0.15) is 5.70 Å². The van der Waals surface area contributed by atoms with Gasteiger partial charge in [-0.2, -0.15) is 0 Å². The number of aromatic amines is 1. The lowest BCUT2D eigenvalue weighted by Gasteiger charge is -2.14. The highest BCUT2D eigenvalue weighted by molar-refractivity contribution is 8.04. The summed E-state index contributed by atoms with van der Waals surface area (Å²) in [7, 11) is 1.66. The van der Waals surface area contributed by atoms with Crippen molar-refractivity contribution in [2.24, 2.45) is 0 Å². The van der Waals surface area contributed by atoms with Crippen molar-refractivity contribution >= 4 is 40.9 Å². The smallest absolute Gasteiger partial charge is 0.270 e. The topological polar surface area (TPSA) is 137 Å². The van der Waals surface area contributed by atoms with E-state index in [-0.39, 0.29) is 23.8 Å². The molecule has 1 aromatic heterocycles. The molecular formula is C25H29N7O2S. The molecule has 1 heterocycles. The number of thioether (sulfide) groups is 1. The van der Waals surface area contributed by atoms with Gasteiger partial charge in [0.15, 0.2) is 0 Å². The maximum Gasteiger partial charge on any atom is 0.270 e. The first-order valence-corrected chi connectivity index (χ1v) is 11.6. The molecule has 0 aliphatic heterocycles. The van der Waals surface area contributed by atoms with Gasteiger partial charge in [-0.3, -0.25) is 14.9 Å². The van der Waals surface area contributed by atoms with Crippen molar-refractivity contribution in [1.82, 2.24) is 20.6 Å². The molecule has 0 atom stereocenters. The Morgan fingerprint density at radius 2 is 2.11 bits per heavy atom. The second kappa shape index (κ2) is 14.0. The number of aromatic nitrogens is 2. The van der Waals surface area contributed by atoms with Crippen molar-refractivity contribution in [3.8, 4) is 11.8 Å². The van der Waals surface area contributed by atoms with Crippen LogP contribution < -0.4 is 27.0 Å². The normalized spacial score (nSPS) is 11.7. The zero-order valence-electron chi connectivity index (χ0n) is 19.9. The highest BCUT2D eigenvalue weighted by atomic mass is 32.2. The van der Waals surface area contributed by atoms with Gasteiger partial charge in [0.25, 0.3) is 11.8 Å². The number of likely N-dealkylation sites (N-methyl/N-ethyl adjacent to an activating group) is 1. The number of carbonyl (C=O) groups is 2. The maximum absolute atomic E-state index is 12.8. The number of nitrogens with zero attached hydrogens (tertiary/aromatic N) is 1. The summed E-state index contributed by atoms with van der Waals surface area (Å²) in [6.45, 7) is 7.46. The number of imidazole rings is 1. The number of allylic oxidation sites excluding steroid dienone is 4. The fourth-order valence-corrected chi connectivity index (χ4v) is 3.16. The van der Waals surface area contributed by atoms with Crippen LogP contribution in [0, 0.1) is 11.8 Å². The average Bonchev–Trinajstić information content (AvgIpc) is 3.35. The van der Waals surface area contributed by atoms with Crippen molar-refractivity contribution in [3.05, 3.63) is 82.5 Å². The third-order valence-electron chi connectivity index (χ3n) is 4.42. The number of hydrogen-bond donors (Lipinski definition) is 6. The number of nitrogens with two attached hydrogens (primary N) is 1. The average molecular weight is 492 g/mol. The summed E-state index contributed by atoms with van der Waals surface area (Å²) in [6.07, 6.45) is 6.70. The molecule has 2 rings (SSSR count). The highest BCUT2D eigenvalue weighted by Crippen LogP contribution is 2.23. The second-order valence-electron chi connectivity index (χ2n) is 6.91. The molecule has 35 heavy (non-hydrogen) atoms. The molecule has 0 saturated carbocycles. The zero-order chi connectivity index (χ0) is 25.6. The second-order valence-corrected chi connectivity index (χ2v) is 7.75. The lowest BCUT2D eigenvalue weighted by Crippen LogP contribution is -2.34. The number of para-hydroxylation sites is 1. The molecule has 1 aromatic carbocycles. The molecule has 9 nitrogen and oxygen atoms in total. The van der Waals surface area contributed by atoms with E-state index in [2.05, 4.69) is 49.7 Å². The third kappa shape index (κ3) is 8.17. The fraction of sp³-hybridized carbons (Fsp3) is 0.160. The minimum absolute atomic E-state index is 0.0723. The Labute approximate surface area is 209 Å². The standard InChI is InChI=1S/C25H29N7O2S/c1-5-8-18(12-11-17(3)15-35-6-2)22(27-4)24(34)31-16-30-20-10-7-9-19(21(20)26)23(33)32-25-28-13-14-29-25/h5-10,13-15,27,30H,2,16,26H2,1,3-4H3,(H,31,34)(H2,28,29,32,33)/b8-5-,17-15+,22-18+. The molecule has 0 fully saturated rings. The molecule has 0 spiro atoms. The summed E-state index contributed by atoms with van der Waals surface area (Å²) in [6, 6.07) is 5.01. The van der Waals surface area contributed by atoms with Crippen LogP contribution in [0.15, 0.2) is 77.0 Å². The van der Waals surface area contributed by atoms with Crippen LogP contribution in [0.1, 0.15) is 24.2 Å². The van der Waals surface area contributed by atoms with Crippen LogP contribution >= 0.6 is 11.8 Å². The predicted octanol–water partition coefficient (Wildman–Crippen LogP) is 3.56. The third-order valence-corrected chi connectivity index (χ3v) is 5.11. The van der Waals surface area contributed by atoms with Gasteiger partial charge in [-0.05, 0) is 42.9 Å². The van der Waals surface area contributed by atoms with Gasteiger partial charge in [-0.1, -0.05) is 30.6 Å². The Kier molecular flexibility index (Phi) is 10.8. The van der Waals surface area contributed by atoms with E-state index >= 15 is 0 Å². The van der Waals surface area contributed by atoms with E-state index in [9.17, 15) is 9.59 Å². The number of carbonyl (C=O) groups excluding carboxylic acids is 2. The Morgan fingerprint density at radius 1 is 1.31 bits per heavy atom. The van der Waals surface area contributed by atoms with Crippen LogP contribution in [0.4, 0.5) is 17.3 Å². The Balaban J connectivity index is 2.11. The summed E-state index contributed by atoms with van der Waals surface area (Å²) in [5.41, 5.74) is 8.91. The van der Waals surface area contributed by atoms with E-state index in [1.54, 1.807) is 42.9 Å². The number of nitrogen functional groups attached to an aromatic ring is 1. The predicted molar refractivity (Wildman–Crippen MR) is 144 cm³/mol. The van der Waals surface area contributed by atoms with Crippen LogP contribution in [-0.4, -0.2) is 35.5 Å². The summed E-state index contributed by atoms with van der Waals surface area (Å²) >= 11 is 1.44. The monoisotopic (exact) mass is 491 g/mol. The van der Waals surface area contributed by atoms with Crippen molar-refractivity contribution in [2.75, 3.05) is 30.1 Å². The summed E-state index contributed by atoms with van der Waals surface area (Å²) in [5.74, 6) is 5.62. The first-order valence-electron chi connectivity index (χ1n) is 10.6. The molecule has 182 valence electrons. The van der Waals surface area contributed by atoms with Crippen molar-refractivity contribution < 1.29 is 9.59 Å². The molecule has 10 heteroatoms. The quantitative estimate of drug-likeness (QED) is 0.0983. The van der Waals surface area contributed by atoms with Gasteiger partial charge in [0.2, 0.25) is 5.95 Å². The zero-order valence-corrected chi connectivity index (χ0v) is 20.7. The van der Waals surface area contributed by atoms with Crippen LogP contribution in [0.5, 0.6) is 0 Å². The van der Waals surface area contributed by atoms with Crippen molar-refractivity contribution in [1.29, 1.82) is 0 Å². The lowest BCUT2D eigenvalue weighted by atomic mass is 10.1. The number of H-pyrrole nitrogens is 1. The van der Waals surface area contributed by atoms with Crippen LogP contribution in [-0.2, 0) is 4.79 Å².